The highest BCUT2D eigenvalue weighted by molar-refractivity contribution is 6.23. The first kappa shape index (κ1) is 18.5. The number of hydrogen-bond acceptors (Lipinski definition) is 6. The second kappa shape index (κ2) is 7.16. The Morgan fingerprint density at radius 1 is 1.15 bits per heavy atom. The minimum atomic E-state index is -1.13. The predicted octanol–water partition coefficient (Wildman–Crippen LogP) is 2.25. The van der Waals surface area contributed by atoms with Crippen LogP contribution in [0.1, 0.15) is 31.8 Å². The summed E-state index contributed by atoms with van der Waals surface area (Å²) >= 11 is 0. The molecule has 1 heterocycles. The van der Waals surface area contributed by atoms with Crippen LogP contribution in [0.25, 0.3) is 0 Å². The molecule has 0 fully saturated rings. The van der Waals surface area contributed by atoms with Crippen LogP contribution in [0.2, 0.25) is 0 Å². The molecule has 140 valence electrons. The predicted molar refractivity (Wildman–Crippen MR) is 95.9 cm³/mol. The molecular weight excluding hydrogens is 352 g/mol. The molecule has 2 aromatic rings. The third-order valence-corrected chi connectivity index (χ3v) is 4.20. The second-order valence-corrected chi connectivity index (χ2v) is 6.47. The Balaban J connectivity index is 1.70. The fraction of sp³-hybridized carbons (Fsp3) is 0.263. The van der Waals surface area contributed by atoms with E-state index in [2.05, 4.69) is 0 Å². The third kappa shape index (κ3) is 3.65. The second-order valence-electron chi connectivity index (χ2n) is 6.47. The number of hydrogen-bond donors (Lipinski definition) is 1. The number of amides is 2. The average Bonchev–Trinajstić information content (AvgIpc) is 2.84. The lowest BCUT2D eigenvalue weighted by molar-refractivity contribution is -0.385. The van der Waals surface area contributed by atoms with Crippen LogP contribution in [-0.2, 0) is 0 Å². The summed E-state index contributed by atoms with van der Waals surface area (Å²) in [6.45, 7) is 3.40. The highest BCUT2D eigenvalue weighted by Gasteiger charge is 2.41. The zero-order valence-corrected chi connectivity index (χ0v) is 14.8. The molecule has 0 aliphatic carbocycles. The summed E-state index contributed by atoms with van der Waals surface area (Å²) in [5.41, 5.74) is 1.32. The number of benzene rings is 2. The SMILES string of the molecule is Cc1cc(C)cc(OCC(O)CN2C(=O)c3cccc([N+](=O)[O-])c3C2=O)c1. The van der Waals surface area contributed by atoms with Crippen LogP contribution < -0.4 is 4.74 Å². The van der Waals surface area contributed by atoms with E-state index < -0.39 is 28.5 Å². The van der Waals surface area contributed by atoms with Crippen LogP contribution in [0, 0.1) is 24.0 Å². The molecule has 2 aromatic carbocycles. The first-order valence-electron chi connectivity index (χ1n) is 8.30. The Morgan fingerprint density at radius 2 is 1.81 bits per heavy atom. The maximum absolute atomic E-state index is 12.5. The number of imide groups is 1. The standard InChI is InChI=1S/C19H18N2O6/c1-11-6-12(2)8-14(7-11)27-10-13(22)9-20-18(23)15-4-3-5-16(21(25)26)17(15)19(20)24/h3-8,13,22H,9-10H2,1-2H3. The number of β-amino-alcohol motifs (C(OH)–C–C–N with tert-alkyl or cyclic N) is 1. The number of aliphatic hydroxyl groups excluding tert-OH is 1. The molecule has 2 amide bonds. The van der Waals surface area contributed by atoms with Gasteiger partial charge in [-0.25, -0.2) is 0 Å². The number of aliphatic hydroxyl groups is 1. The van der Waals surface area contributed by atoms with Gasteiger partial charge in [0.25, 0.3) is 17.5 Å². The molecule has 1 aliphatic heterocycles. The number of fused-ring (bicyclic) bond motifs is 1. The number of rotatable bonds is 6. The van der Waals surface area contributed by atoms with Gasteiger partial charge in [0.05, 0.1) is 17.0 Å². The van der Waals surface area contributed by atoms with Crippen molar-refractivity contribution < 1.29 is 24.4 Å². The molecule has 0 saturated carbocycles. The molecule has 0 spiro atoms. The quantitative estimate of drug-likeness (QED) is 0.474. The Labute approximate surface area is 155 Å². The number of nitro groups is 1. The highest BCUT2D eigenvalue weighted by Crippen LogP contribution is 2.30. The molecule has 8 heteroatoms. The van der Waals surface area contributed by atoms with Crippen molar-refractivity contribution in [2.75, 3.05) is 13.2 Å². The zero-order valence-electron chi connectivity index (χ0n) is 14.8. The molecule has 1 atom stereocenters. The molecule has 0 radical (unpaired) electrons. The summed E-state index contributed by atoms with van der Waals surface area (Å²) in [6.07, 6.45) is -1.13. The summed E-state index contributed by atoms with van der Waals surface area (Å²) in [5.74, 6) is -0.874. The van der Waals surface area contributed by atoms with E-state index in [0.29, 0.717) is 5.75 Å². The van der Waals surface area contributed by atoms with Crippen LogP contribution in [0.3, 0.4) is 0 Å². The van der Waals surface area contributed by atoms with E-state index in [1.165, 1.54) is 18.2 Å². The van der Waals surface area contributed by atoms with Crippen molar-refractivity contribution in [3.63, 3.8) is 0 Å². The van der Waals surface area contributed by atoms with Crippen molar-refractivity contribution in [3.05, 3.63) is 68.8 Å². The van der Waals surface area contributed by atoms with Gasteiger partial charge in [0.1, 0.15) is 24.0 Å². The van der Waals surface area contributed by atoms with Crippen molar-refractivity contribution in [1.82, 2.24) is 4.90 Å². The van der Waals surface area contributed by atoms with Gasteiger partial charge in [-0.1, -0.05) is 12.1 Å². The first-order chi connectivity index (χ1) is 12.8. The molecule has 0 aromatic heterocycles. The topological polar surface area (TPSA) is 110 Å². The monoisotopic (exact) mass is 370 g/mol. The molecule has 27 heavy (non-hydrogen) atoms. The molecule has 0 bridgehead atoms. The van der Waals surface area contributed by atoms with Gasteiger partial charge in [-0.3, -0.25) is 24.6 Å². The van der Waals surface area contributed by atoms with E-state index in [1.54, 1.807) is 0 Å². The molecule has 8 nitrogen and oxygen atoms in total. The van der Waals surface area contributed by atoms with Gasteiger partial charge in [-0.15, -0.1) is 0 Å². The van der Waals surface area contributed by atoms with Gasteiger partial charge in [-0.2, -0.15) is 0 Å². The van der Waals surface area contributed by atoms with E-state index in [4.69, 9.17) is 4.74 Å². The number of nitrogens with zero attached hydrogens (tertiary/aromatic N) is 2. The minimum Gasteiger partial charge on any atom is -0.491 e. The molecule has 3 rings (SSSR count). The van der Waals surface area contributed by atoms with Gasteiger partial charge >= 0.3 is 0 Å². The van der Waals surface area contributed by atoms with Gasteiger partial charge in [0, 0.05) is 6.07 Å². The molecule has 1 unspecified atom stereocenters. The maximum Gasteiger partial charge on any atom is 0.282 e. The lowest BCUT2D eigenvalue weighted by Crippen LogP contribution is -2.39. The largest absolute Gasteiger partial charge is 0.491 e. The number of carbonyl (C=O) groups excluding carboxylic acids is 2. The smallest absolute Gasteiger partial charge is 0.282 e. The minimum absolute atomic E-state index is 0.0309. The Morgan fingerprint density at radius 3 is 2.44 bits per heavy atom. The van der Waals surface area contributed by atoms with Gasteiger partial charge in [0.15, 0.2) is 0 Å². The number of carbonyl (C=O) groups is 2. The third-order valence-electron chi connectivity index (χ3n) is 4.20. The van der Waals surface area contributed by atoms with Crippen LogP contribution in [0.15, 0.2) is 36.4 Å². The van der Waals surface area contributed by atoms with E-state index in [-0.39, 0.29) is 24.3 Å². The van der Waals surface area contributed by atoms with Gasteiger partial charge < -0.3 is 9.84 Å². The van der Waals surface area contributed by atoms with Crippen molar-refractivity contribution in [2.45, 2.75) is 20.0 Å². The summed E-state index contributed by atoms with van der Waals surface area (Å²) in [7, 11) is 0. The summed E-state index contributed by atoms with van der Waals surface area (Å²) < 4.78 is 5.54. The van der Waals surface area contributed by atoms with Crippen molar-refractivity contribution in [1.29, 1.82) is 0 Å². The number of nitro benzene ring substituents is 1. The highest BCUT2D eigenvalue weighted by atomic mass is 16.6. The summed E-state index contributed by atoms with van der Waals surface area (Å²) in [5, 5.41) is 21.3. The lowest BCUT2D eigenvalue weighted by Gasteiger charge is -2.19. The molecule has 0 saturated heterocycles. The first-order valence-corrected chi connectivity index (χ1v) is 8.30. The lowest BCUT2D eigenvalue weighted by atomic mass is 10.1. The zero-order chi connectivity index (χ0) is 19.7. The fourth-order valence-corrected chi connectivity index (χ4v) is 3.11. The number of ether oxygens (including phenoxy) is 1. The van der Waals surface area contributed by atoms with Crippen molar-refractivity contribution >= 4 is 17.5 Å². The van der Waals surface area contributed by atoms with E-state index in [9.17, 15) is 24.8 Å². The summed E-state index contributed by atoms with van der Waals surface area (Å²) in [6, 6.07) is 9.49. The Bertz CT molecular complexity index is 920. The maximum atomic E-state index is 12.5. The van der Waals surface area contributed by atoms with E-state index in [0.717, 1.165) is 16.0 Å². The Kier molecular flexibility index (Phi) is 4.91. The normalized spacial score (nSPS) is 14.3. The number of aryl methyl sites for hydroxylation is 2. The molecule has 1 aliphatic rings. The van der Waals surface area contributed by atoms with E-state index >= 15 is 0 Å². The molecule has 1 N–H and O–H groups in total. The van der Waals surface area contributed by atoms with Crippen LogP contribution in [0.5, 0.6) is 5.75 Å². The molecular formula is C19H18N2O6. The van der Waals surface area contributed by atoms with Gasteiger partial charge in [-0.05, 0) is 43.2 Å². The fourth-order valence-electron chi connectivity index (χ4n) is 3.11. The van der Waals surface area contributed by atoms with E-state index in [1.807, 2.05) is 32.0 Å². The van der Waals surface area contributed by atoms with Crippen LogP contribution in [0.4, 0.5) is 5.69 Å². The van der Waals surface area contributed by atoms with Crippen molar-refractivity contribution in [2.24, 2.45) is 0 Å². The average molecular weight is 370 g/mol. The summed E-state index contributed by atoms with van der Waals surface area (Å²) in [4.78, 5) is 36.1. The Hall–Kier alpha value is -3.26. The van der Waals surface area contributed by atoms with Crippen molar-refractivity contribution in [3.8, 4) is 5.75 Å². The van der Waals surface area contributed by atoms with Crippen LogP contribution >= 0.6 is 0 Å². The van der Waals surface area contributed by atoms with Gasteiger partial charge in [0.2, 0.25) is 0 Å². The van der Waals surface area contributed by atoms with Crippen LogP contribution in [-0.4, -0.2) is 46.0 Å².